The number of hydrogen-bond donors (Lipinski definition) is 0. The highest BCUT2D eigenvalue weighted by Gasteiger charge is 2.43. The summed E-state index contributed by atoms with van der Waals surface area (Å²) in [5.74, 6) is -0.0573. The second-order valence-corrected chi connectivity index (χ2v) is 15.6. The minimum absolute atomic E-state index is 0.0565. The molecule has 0 amide bonds. The largest absolute Gasteiger partial charge is 0.410 e. The van der Waals surface area contributed by atoms with Gasteiger partial charge in [0.1, 0.15) is 6.29 Å². The van der Waals surface area contributed by atoms with Crippen molar-refractivity contribution in [1.29, 1.82) is 0 Å². The monoisotopic (exact) mass is 452 g/mol. The van der Waals surface area contributed by atoms with Crippen LogP contribution in [0.15, 0.2) is 12.2 Å². The van der Waals surface area contributed by atoms with Crippen LogP contribution >= 0.6 is 0 Å². The van der Waals surface area contributed by atoms with Gasteiger partial charge in [-0.1, -0.05) is 39.7 Å². The van der Waals surface area contributed by atoms with Gasteiger partial charge in [0.25, 0.3) is 0 Å². The lowest BCUT2D eigenvalue weighted by atomic mass is 9.76. The van der Waals surface area contributed by atoms with Crippen LogP contribution < -0.4 is 0 Å². The summed E-state index contributed by atoms with van der Waals surface area (Å²) < 4.78 is 18.3. The molecule has 1 saturated heterocycles. The van der Waals surface area contributed by atoms with E-state index in [1.165, 1.54) is 6.42 Å². The van der Waals surface area contributed by atoms with E-state index in [0.29, 0.717) is 6.42 Å². The van der Waals surface area contributed by atoms with Gasteiger partial charge in [-0.25, -0.2) is 0 Å². The Morgan fingerprint density at radius 1 is 1.26 bits per heavy atom. The van der Waals surface area contributed by atoms with Gasteiger partial charge in [-0.15, -0.1) is 0 Å². The highest BCUT2D eigenvalue weighted by atomic mass is 28.4. The minimum atomic E-state index is -2.00. The maximum atomic E-state index is 12.7. The van der Waals surface area contributed by atoms with Crippen molar-refractivity contribution in [2.75, 3.05) is 6.61 Å². The van der Waals surface area contributed by atoms with Crippen LogP contribution in [0.4, 0.5) is 0 Å². The van der Waals surface area contributed by atoms with E-state index in [9.17, 15) is 9.59 Å². The molecule has 2 rings (SSSR count). The van der Waals surface area contributed by atoms with E-state index in [1.54, 1.807) is 6.08 Å². The van der Waals surface area contributed by atoms with Gasteiger partial charge in [0.2, 0.25) is 0 Å². The van der Waals surface area contributed by atoms with Crippen LogP contribution in [0, 0.1) is 11.8 Å². The lowest BCUT2D eigenvalue weighted by molar-refractivity contribution is -0.185. The lowest BCUT2D eigenvalue weighted by Crippen LogP contribution is -2.48. The molecule has 0 aromatic rings. The molecule has 6 heteroatoms. The topological polar surface area (TPSA) is 61.8 Å². The summed E-state index contributed by atoms with van der Waals surface area (Å²) in [5.41, 5.74) is 0. The Hall–Kier alpha value is -0.823. The molecular formula is C25H44O5Si. The highest BCUT2D eigenvalue weighted by Crippen LogP contribution is 2.41. The predicted molar refractivity (Wildman–Crippen MR) is 126 cm³/mol. The van der Waals surface area contributed by atoms with Crippen LogP contribution in [0.3, 0.4) is 0 Å². The summed E-state index contributed by atoms with van der Waals surface area (Å²) in [4.78, 5) is 24.1. The molecule has 0 aromatic carbocycles. The maximum absolute atomic E-state index is 12.7. The molecule has 2 aliphatic rings. The van der Waals surface area contributed by atoms with Crippen LogP contribution in [0.1, 0.15) is 79.1 Å². The zero-order chi connectivity index (χ0) is 23.1. The number of ketones is 1. The Balaban J connectivity index is 1.88. The molecule has 0 N–H and O–H groups in total. The van der Waals surface area contributed by atoms with Crippen molar-refractivity contribution in [3.05, 3.63) is 12.2 Å². The number of unbranched alkanes of at least 4 members (excludes halogenated alkanes) is 1. The van der Waals surface area contributed by atoms with Gasteiger partial charge in [-0.2, -0.15) is 0 Å². The molecule has 1 aliphatic heterocycles. The smallest absolute Gasteiger partial charge is 0.192 e. The maximum Gasteiger partial charge on any atom is 0.192 e. The zero-order valence-electron chi connectivity index (χ0n) is 20.5. The average molecular weight is 453 g/mol. The first kappa shape index (κ1) is 26.4. The van der Waals surface area contributed by atoms with E-state index < -0.39 is 8.32 Å². The second-order valence-electron chi connectivity index (χ2n) is 10.8. The van der Waals surface area contributed by atoms with Crippen molar-refractivity contribution in [2.24, 2.45) is 11.8 Å². The van der Waals surface area contributed by atoms with Crippen LogP contribution in [0.25, 0.3) is 0 Å². The minimum Gasteiger partial charge on any atom is -0.410 e. The summed E-state index contributed by atoms with van der Waals surface area (Å²) in [6.07, 6.45) is 11.8. The van der Waals surface area contributed by atoms with Crippen molar-refractivity contribution in [3.63, 3.8) is 0 Å². The highest BCUT2D eigenvalue weighted by molar-refractivity contribution is 6.74. The number of carbonyl (C=O) groups is 2. The van der Waals surface area contributed by atoms with Gasteiger partial charge in [-0.05, 0) is 63.2 Å². The fourth-order valence-corrected chi connectivity index (χ4v) is 5.53. The van der Waals surface area contributed by atoms with E-state index in [1.807, 2.05) is 6.08 Å². The van der Waals surface area contributed by atoms with E-state index in [2.05, 4.69) is 40.8 Å². The third-order valence-electron chi connectivity index (χ3n) is 7.26. The summed E-state index contributed by atoms with van der Waals surface area (Å²) >= 11 is 0. The quantitative estimate of drug-likeness (QED) is 0.224. The predicted octanol–water partition coefficient (Wildman–Crippen LogP) is 5.83. The molecule has 1 aliphatic carbocycles. The Labute approximate surface area is 190 Å². The Morgan fingerprint density at radius 2 is 2.00 bits per heavy atom. The molecule has 5 atom stereocenters. The number of hydrogen-bond acceptors (Lipinski definition) is 5. The van der Waals surface area contributed by atoms with Crippen molar-refractivity contribution in [1.82, 2.24) is 0 Å². The van der Waals surface area contributed by atoms with Crippen molar-refractivity contribution < 1.29 is 23.5 Å². The Bertz CT molecular complexity index is 604. The first-order chi connectivity index (χ1) is 14.5. The SMILES string of the molecule is C[C@@H](CCCC[C@H]1C(=O)C=C[C@H](O[Si](C)(C)C(C)(C)C)[C@@H]1CC=O)OC1CCCCO1. The van der Waals surface area contributed by atoms with E-state index in [0.717, 1.165) is 51.4 Å². The van der Waals surface area contributed by atoms with E-state index in [4.69, 9.17) is 13.9 Å². The Morgan fingerprint density at radius 3 is 2.61 bits per heavy atom. The molecule has 1 heterocycles. The normalized spacial score (nSPS) is 28.5. The number of aldehydes is 1. The second kappa shape index (κ2) is 11.9. The molecule has 1 unspecified atom stereocenters. The summed E-state index contributed by atoms with van der Waals surface area (Å²) in [6, 6.07) is 0. The molecule has 178 valence electrons. The molecular weight excluding hydrogens is 408 g/mol. The zero-order valence-corrected chi connectivity index (χ0v) is 21.5. The fourth-order valence-electron chi connectivity index (χ4n) is 4.25. The van der Waals surface area contributed by atoms with Crippen LogP contribution in [-0.4, -0.2) is 45.5 Å². The number of rotatable bonds is 11. The number of ether oxygens (including phenoxy) is 2. The van der Waals surface area contributed by atoms with Gasteiger partial charge in [0.05, 0.1) is 12.2 Å². The average Bonchev–Trinajstić information content (AvgIpc) is 2.69. The molecule has 31 heavy (non-hydrogen) atoms. The van der Waals surface area contributed by atoms with Crippen molar-refractivity contribution in [2.45, 2.75) is 116 Å². The van der Waals surface area contributed by atoms with Gasteiger partial charge >= 0.3 is 0 Å². The van der Waals surface area contributed by atoms with Gasteiger partial charge < -0.3 is 18.7 Å². The fraction of sp³-hybridized carbons (Fsp3) is 0.840. The lowest BCUT2D eigenvalue weighted by Gasteiger charge is -2.43. The molecule has 1 fully saturated rings. The molecule has 0 saturated carbocycles. The first-order valence-corrected chi connectivity index (χ1v) is 15.1. The van der Waals surface area contributed by atoms with Crippen LogP contribution in [0.2, 0.25) is 18.1 Å². The summed E-state index contributed by atoms with van der Waals surface area (Å²) in [5, 5.41) is 0.0850. The standard InChI is InChI=1S/C25H44O5Si/c1-19(29-24-13-9-10-18-28-24)11-7-8-12-20-21(16-17-26)23(15-14-22(20)27)30-31(5,6)25(2,3)4/h14-15,17,19-21,23-24H,7-13,16,18H2,1-6H3/t19-,20+,21+,23-,24?/m0/s1. The number of carbonyl (C=O) groups excluding carboxylic acids is 2. The molecule has 5 nitrogen and oxygen atoms in total. The molecule has 0 radical (unpaired) electrons. The third-order valence-corrected chi connectivity index (χ3v) is 11.7. The van der Waals surface area contributed by atoms with E-state index in [-0.39, 0.29) is 41.2 Å². The molecule has 0 spiro atoms. The molecule has 0 bridgehead atoms. The van der Waals surface area contributed by atoms with Gasteiger partial charge in [-0.3, -0.25) is 4.79 Å². The summed E-state index contributed by atoms with van der Waals surface area (Å²) in [7, 11) is -2.00. The van der Waals surface area contributed by atoms with Gasteiger partial charge in [0, 0.05) is 24.9 Å². The third kappa shape index (κ3) is 7.92. The molecule has 0 aromatic heterocycles. The Kier molecular flexibility index (Phi) is 10.1. The van der Waals surface area contributed by atoms with E-state index >= 15 is 0 Å². The number of allylic oxidation sites excluding steroid dienone is 1. The summed E-state index contributed by atoms with van der Waals surface area (Å²) in [6.45, 7) is 14.0. The van der Waals surface area contributed by atoms with Crippen LogP contribution in [0.5, 0.6) is 0 Å². The van der Waals surface area contributed by atoms with Gasteiger partial charge in [0.15, 0.2) is 20.4 Å². The van der Waals surface area contributed by atoms with Crippen molar-refractivity contribution in [3.8, 4) is 0 Å². The van der Waals surface area contributed by atoms with Crippen molar-refractivity contribution >= 4 is 20.4 Å². The first-order valence-electron chi connectivity index (χ1n) is 12.2. The van der Waals surface area contributed by atoms with Crippen LogP contribution in [-0.2, 0) is 23.5 Å².